The fraction of sp³-hybridized carbons (Fsp3) is 0.900. The van der Waals surface area contributed by atoms with Gasteiger partial charge in [-0.2, -0.15) is 0 Å². The zero-order valence-corrected chi connectivity index (χ0v) is 10.7. The van der Waals surface area contributed by atoms with Crippen LogP contribution in [0.2, 0.25) is 0 Å². The standard InChI is InChI=1S/C10H18BrNO3/c1-7-3-8(5-15-7)10(13)12-9(4-11)6-14-2/h7-9H,3-6H2,1-2H3,(H,12,13). The molecule has 1 N–H and O–H groups in total. The first-order valence-corrected chi connectivity index (χ1v) is 6.26. The van der Waals surface area contributed by atoms with E-state index in [4.69, 9.17) is 9.47 Å². The summed E-state index contributed by atoms with van der Waals surface area (Å²) in [7, 11) is 1.63. The van der Waals surface area contributed by atoms with Crippen LogP contribution in [0.3, 0.4) is 0 Å². The molecule has 0 aliphatic carbocycles. The molecule has 4 nitrogen and oxygen atoms in total. The minimum atomic E-state index is -0.00148. The van der Waals surface area contributed by atoms with E-state index in [1.54, 1.807) is 7.11 Å². The van der Waals surface area contributed by atoms with Gasteiger partial charge in [0, 0.05) is 12.4 Å². The van der Waals surface area contributed by atoms with Crippen LogP contribution in [-0.2, 0) is 14.3 Å². The number of carbonyl (C=O) groups excluding carboxylic acids is 1. The smallest absolute Gasteiger partial charge is 0.225 e. The van der Waals surface area contributed by atoms with Gasteiger partial charge in [0.1, 0.15) is 0 Å². The van der Waals surface area contributed by atoms with E-state index in [1.807, 2.05) is 6.92 Å². The maximum Gasteiger partial charge on any atom is 0.225 e. The SMILES string of the molecule is COCC(CBr)NC(=O)C1COC(C)C1. The lowest BCUT2D eigenvalue weighted by Crippen LogP contribution is -2.42. The normalized spacial score (nSPS) is 27.7. The van der Waals surface area contributed by atoms with Crippen molar-refractivity contribution in [3.05, 3.63) is 0 Å². The van der Waals surface area contributed by atoms with Gasteiger partial charge in [0.15, 0.2) is 0 Å². The molecule has 3 atom stereocenters. The number of carbonyl (C=O) groups is 1. The molecule has 0 bridgehead atoms. The maximum absolute atomic E-state index is 11.8. The second-order valence-electron chi connectivity index (χ2n) is 3.89. The third-order valence-corrected chi connectivity index (χ3v) is 3.25. The van der Waals surface area contributed by atoms with E-state index in [1.165, 1.54) is 0 Å². The molecule has 0 radical (unpaired) electrons. The third-order valence-electron chi connectivity index (χ3n) is 2.47. The summed E-state index contributed by atoms with van der Waals surface area (Å²) >= 11 is 3.34. The zero-order chi connectivity index (χ0) is 11.3. The summed E-state index contributed by atoms with van der Waals surface area (Å²) in [4.78, 5) is 11.8. The van der Waals surface area contributed by atoms with E-state index < -0.39 is 0 Å². The largest absolute Gasteiger partial charge is 0.383 e. The van der Waals surface area contributed by atoms with Gasteiger partial charge in [-0.25, -0.2) is 0 Å². The summed E-state index contributed by atoms with van der Waals surface area (Å²) in [6.07, 6.45) is 1.01. The maximum atomic E-state index is 11.8. The zero-order valence-electron chi connectivity index (χ0n) is 9.16. The number of methoxy groups -OCH3 is 1. The summed E-state index contributed by atoms with van der Waals surface area (Å²) in [6, 6.07) is 0.0402. The van der Waals surface area contributed by atoms with E-state index in [0.29, 0.717) is 18.5 Å². The Labute approximate surface area is 98.8 Å². The summed E-state index contributed by atoms with van der Waals surface area (Å²) in [6.45, 7) is 3.06. The van der Waals surface area contributed by atoms with Gasteiger partial charge in [0.2, 0.25) is 5.91 Å². The van der Waals surface area contributed by atoms with Gasteiger partial charge in [-0.1, -0.05) is 15.9 Å². The summed E-state index contributed by atoms with van der Waals surface area (Å²) in [5.74, 6) is 0.0688. The van der Waals surface area contributed by atoms with Gasteiger partial charge in [-0.3, -0.25) is 4.79 Å². The van der Waals surface area contributed by atoms with Crippen LogP contribution in [0, 0.1) is 5.92 Å². The number of amides is 1. The molecule has 1 aliphatic rings. The quantitative estimate of drug-likeness (QED) is 0.762. The summed E-state index contributed by atoms with van der Waals surface area (Å²) in [5, 5.41) is 3.64. The minimum absolute atomic E-state index is 0.00148. The van der Waals surface area contributed by atoms with E-state index >= 15 is 0 Å². The van der Waals surface area contributed by atoms with Gasteiger partial charge in [0.25, 0.3) is 0 Å². The number of hydrogen-bond acceptors (Lipinski definition) is 3. The number of ether oxygens (including phenoxy) is 2. The van der Waals surface area contributed by atoms with Crippen molar-refractivity contribution in [3.8, 4) is 0 Å². The molecule has 88 valence electrons. The van der Waals surface area contributed by atoms with Crippen LogP contribution in [0.15, 0.2) is 0 Å². The van der Waals surface area contributed by atoms with Crippen molar-refractivity contribution >= 4 is 21.8 Å². The second-order valence-corrected chi connectivity index (χ2v) is 4.54. The van der Waals surface area contributed by atoms with Gasteiger partial charge < -0.3 is 14.8 Å². The van der Waals surface area contributed by atoms with Crippen molar-refractivity contribution in [2.75, 3.05) is 25.7 Å². The Morgan fingerprint density at radius 3 is 2.93 bits per heavy atom. The highest BCUT2D eigenvalue weighted by Crippen LogP contribution is 2.19. The molecule has 15 heavy (non-hydrogen) atoms. The van der Waals surface area contributed by atoms with Crippen molar-refractivity contribution in [1.29, 1.82) is 0 Å². The van der Waals surface area contributed by atoms with Crippen LogP contribution in [0.4, 0.5) is 0 Å². The molecule has 0 aromatic heterocycles. The number of nitrogens with one attached hydrogen (secondary N) is 1. The molecule has 1 heterocycles. The number of alkyl halides is 1. The molecule has 0 aromatic rings. The third kappa shape index (κ3) is 4.09. The molecule has 1 rings (SSSR count). The second kappa shape index (κ2) is 6.45. The fourth-order valence-corrected chi connectivity index (χ4v) is 1.99. The lowest BCUT2D eigenvalue weighted by molar-refractivity contribution is -0.125. The number of hydrogen-bond donors (Lipinski definition) is 1. The topological polar surface area (TPSA) is 47.6 Å². The van der Waals surface area contributed by atoms with Crippen molar-refractivity contribution in [1.82, 2.24) is 5.32 Å². The highest BCUT2D eigenvalue weighted by atomic mass is 79.9. The number of halogens is 1. The lowest BCUT2D eigenvalue weighted by Gasteiger charge is -2.17. The van der Waals surface area contributed by atoms with Crippen LogP contribution in [0.5, 0.6) is 0 Å². The molecular weight excluding hydrogens is 262 g/mol. The Hall–Kier alpha value is -0.130. The van der Waals surface area contributed by atoms with Gasteiger partial charge in [-0.05, 0) is 13.3 Å². The molecule has 0 saturated carbocycles. The van der Waals surface area contributed by atoms with Gasteiger partial charge >= 0.3 is 0 Å². The molecule has 1 aliphatic heterocycles. The number of rotatable bonds is 5. The predicted octanol–water partition coefficient (Wildman–Crippen LogP) is 0.937. The molecule has 5 heteroatoms. The van der Waals surface area contributed by atoms with Crippen LogP contribution in [-0.4, -0.2) is 43.7 Å². The minimum Gasteiger partial charge on any atom is -0.383 e. The Bertz CT molecular complexity index is 213. The Kier molecular flexibility index (Phi) is 5.56. The average molecular weight is 280 g/mol. The molecule has 0 aromatic carbocycles. The summed E-state index contributed by atoms with van der Waals surface area (Å²) < 4.78 is 10.4. The molecule has 3 unspecified atom stereocenters. The van der Waals surface area contributed by atoms with Crippen molar-refractivity contribution in [2.24, 2.45) is 5.92 Å². The van der Waals surface area contributed by atoms with E-state index in [9.17, 15) is 4.79 Å². The first kappa shape index (κ1) is 12.9. The average Bonchev–Trinajstić information content (AvgIpc) is 2.64. The van der Waals surface area contributed by atoms with Crippen LogP contribution < -0.4 is 5.32 Å². The van der Waals surface area contributed by atoms with Gasteiger partial charge in [-0.15, -0.1) is 0 Å². The molecule has 1 fully saturated rings. The van der Waals surface area contributed by atoms with E-state index in [2.05, 4.69) is 21.2 Å². The Morgan fingerprint density at radius 1 is 1.73 bits per heavy atom. The van der Waals surface area contributed by atoms with Gasteiger partial charge in [0.05, 0.1) is 31.3 Å². The fourth-order valence-electron chi connectivity index (χ4n) is 1.64. The predicted molar refractivity (Wildman–Crippen MR) is 61.1 cm³/mol. The molecule has 0 spiro atoms. The van der Waals surface area contributed by atoms with E-state index in [-0.39, 0.29) is 24.0 Å². The highest BCUT2D eigenvalue weighted by Gasteiger charge is 2.29. The Balaban J connectivity index is 2.33. The van der Waals surface area contributed by atoms with E-state index in [0.717, 1.165) is 6.42 Å². The van der Waals surface area contributed by atoms with Crippen molar-refractivity contribution < 1.29 is 14.3 Å². The highest BCUT2D eigenvalue weighted by molar-refractivity contribution is 9.09. The van der Waals surface area contributed by atoms with Crippen LogP contribution in [0.1, 0.15) is 13.3 Å². The molecular formula is C10H18BrNO3. The first-order chi connectivity index (χ1) is 7.17. The Morgan fingerprint density at radius 2 is 2.47 bits per heavy atom. The van der Waals surface area contributed by atoms with Crippen molar-refractivity contribution in [2.45, 2.75) is 25.5 Å². The molecule has 1 saturated heterocycles. The van der Waals surface area contributed by atoms with Crippen LogP contribution >= 0.6 is 15.9 Å². The lowest BCUT2D eigenvalue weighted by atomic mass is 10.1. The first-order valence-electron chi connectivity index (χ1n) is 5.14. The van der Waals surface area contributed by atoms with Crippen LogP contribution in [0.25, 0.3) is 0 Å². The van der Waals surface area contributed by atoms with Crippen molar-refractivity contribution in [3.63, 3.8) is 0 Å². The summed E-state index contributed by atoms with van der Waals surface area (Å²) in [5.41, 5.74) is 0. The molecule has 1 amide bonds. The monoisotopic (exact) mass is 279 g/mol.